The molecule has 114 valence electrons. The molecule has 0 aromatic heterocycles. The zero-order valence-electron chi connectivity index (χ0n) is 11.6. The first-order valence-corrected chi connectivity index (χ1v) is 7.74. The maximum atomic E-state index is 11.9. The lowest BCUT2D eigenvalue weighted by Gasteiger charge is -2.15. The fourth-order valence-electron chi connectivity index (χ4n) is 2.24. The number of carboxylic acids is 1. The van der Waals surface area contributed by atoms with Gasteiger partial charge in [-0.1, -0.05) is 0 Å². The number of hydrogen-bond acceptors (Lipinski definition) is 3. The third-order valence-electron chi connectivity index (χ3n) is 3.52. The number of nitrogens with one attached hydrogen (secondary N) is 2. The highest BCUT2D eigenvalue weighted by atomic mass is 127. The van der Waals surface area contributed by atoms with Crippen molar-refractivity contribution in [1.29, 1.82) is 0 Å². The Kier molecular flexibility index (Phi) is 5.40. The van der Waals surface area contributed by atoms with E-state index in [0.717, 1.165) is 16.6 Å². The van der Waals surface area contributed by atoms with Crippen LogP contribution in [0.25, 0.3) is 0 Å². The monoisotopic (exact) mass is 404 g/mol. The summed E-state index contributed by atoms with van der Waals surface area (Å²) in [6.45, 7) is 3.22. The molecule has 1 aliphatic rings. The Bertz CT molecular complexity index is 550. The third kappa shape index (κ3) is 4.31. The molecule has 1 aromatic rings. The van der Waals surface area contributed by atoms with E-state index in [1.54, 1.807) is 12.1 Å². The average molecular weight is 404 g/mol. The number of amides is 2. The van der Waals surface area contributed by atoms with E-state index in [-0.39, 0.29) is 17.4 Å². The van der Waals surface area contributed by atoms with Crippen LogP contribution >= 0.6 is 22.6 Å². The van der Waals surface area contributed by atoms with Crippen LogP contribution in [-0.4, -0.2) is 36.4 Å². The van der Waals surface area contributed by atoms with Gasteiger partial charge in [0.15, 0.2) is 0 Å². The number of aromatic carboxylic acids is 1. The number of benzene rings is 1. The van der Waals surface area contributed by atoms with Crippen LogP contribution in [0.4, 0.5) is 10.5 Å². The van der Waals surface area contributed by atoms with E-state index in [1.807, 2.05) is 29.5 Å². The molecule has 1 aromatic carbocycles. The molecule has 2 rings (SSSR count). The van der Waals surface area contributed by atoms with E-state index < -0.39 is 12.0 Å². The van der Waals surface area contributed by atoms with Crippen LogP contribution in [0.15, 0.2) is 18.2 Å². The Balaban J connectivity index is 1.95. The summed E-state index contributed by atoms with van der Waals surface area (Å²) in [4.78, 5) is 23.1. The topological polar surface area (TPSA) is 87.7 Å². The number of carbonyl (C=O) groups excluding carboxylic acids is 1. The SMILES string of the molecule is CC1OCCC1CNC(=O)Nc1ccc(I)cc1C(=O)O. The van der Waals surface area contributed by atoms with E-state index in [4.69, 9.17) is 9.84 Å². The van der Waals surface area contributed by atoms with Gasteiger partial charge in [0.25, 0.3) is 0 Å². The van der Waals surface area contributed by atoms with Gasteiger partial charge in [-0.15, -0.1) is 0 Å². The number of anilines is 1. The molecule has 2 amide bonds. The molecule has 1 fully saturated rings. The fraction of sp³-hybridized carbons (Fsp3) is 0.429. The van der Waals surface area contributed by atoms with E-state index in [9.17, 15) is 9.59 Å². The van der Waals surface area contributed by atoms with Crippen LogP contribution in [0.5, 0.6) is 0 Å². The van der Waals surface area contributed by atoms with Gasteiger partial charge in [-0.2, -0.15) is 0 Å². The Hall–Kier alpha value is -1.35. The van der Waals surface area contributed by atoms with Gasteiger partial charge in [0.1, 0.15) is 0 Å². The van der Waals surface area contributed by atoms with Crippen LogP contribution in [0, 0.1) is 9.49 Å². The highest BCUT2D eigenvalue weighted by molar-refractivity contribution is 14.1. The minimum Gasteiger partial charge on any atom is -0.478 e. The van der Waals surface area contributed by atoms with Crippen molar-refractivity contribution >= 4 is 40.3 Å². The smallest absolute Gasteiger partial charge is 0.337 e. The minimum absolute atomic E-state index is 0.0783. The van der Waals surface area contributed by atoms with Crippen LogP contribution in [0.3, 0.4) is 0 Å². The fourth-order valence-corrected chi connectivity index (χ4v) is 2.73. The number of ether oxygens (including phenoxy) is 1. The Morgan fingerprint density at radius 3 is 2.86 bits per heavy atom. The van der Waals surface area contributed by atoms with Crippen molar-refractivity contribution in [2.75, 3.05) is 18.5 Å². The van der Waals surface area contributed by atoms with Crippen LogP contribution in [0.2, 0.25) is 0 Å². The first kappa shape index (κ1) is 16.0. The molecule has 21 heavy (non-hydrogen) atoms. The Labute approximate surface area is 136 Å². The van der Waals surface area contributed by atoms with Crippen molar-refractivity contribution in [3.63, 3.8) is 0 Å². The molecule has 0 aliphatic carbocycles. The maximum absolute atomic E-state index is 11.9. The molecule has 1 aliphatic heterocycles. The summed E-state index contributed by atoms with van der Waals surface area (Å²) in [6, 6.07) is 4.45. The Morgan fingerprint density at radius 2 is 2.24 bits per heavy atom. The van der Waals surface area contributed by atoms with Crippen molar-refractivity contribution in [3.05, 3.63) is 27.3 Å². The molecule has 0 spiro atoms. The van der Waals surface area contributed by atoms with E-state index in [0.29, 0.717) is 12.5 Å². The lowest BCUT2D eigenvalue weighted by Crippen LogP contribution is -2.35. The molecule has 0 saturated carbocycles. The molecule has 7 heteroatoms. The van der Waals surface area contributed by atoms with Crippen LogP contribution < -0.4 is 10.6 Å². The number of urea groups is 1. The quantitative estimate of drug-likeness (QED) is 0.674. The molecule has 2 unspecified atom stereocenters. The van der Waals surface area contributed by atoms with Gasteiger partial charge >= 0.3 is 12.0 Å². The minimum atomic E-state index is -1.07. The highest BCUT2D eigenvalue weighted by Crippen LogP contribution is 2.20. The van der Waals surface area contributed by atoms with Gasteiger partial charge in [0.2, 0.25) is 0 Å². The lowest BCUT2D eigenvalue weighted by atomic mass is 10.0. The molecule has 2 atom stereocenters. The zero-order valence-corrected chi connectivity index (χ0v) is 13.7. The summed E-state index contributed by atoms with van der Waals surface area (Å²) in [7, 11) is 0. The molecule has 1 saturated heterocycles. The number of carbonyl (C=O) groups is 2. The first-order valence-electron chi connectivity index (χ1n) is 6.66. The summed E-state index contributed by atoms with van der Waals surface area (Å²) >= 11 is 2.03. The molecule has 1 heterocycles. The van der Waals surface area contributed by atoms with Gasteiger partial charge < -0.3 is 20.5 Å². The Morgan fingerprint density at radius 1 is 1.48 bits per heavy atom. The van der Waals surface area contributed by atoms with Gasteiger partial charge in [0, 0.05) is 22.6 Å². The normalized spacial score (nSPS) is 21.0. The first-order chi connectivity index (χ1) is 9.97. The van der Waals surface area contributed by atoms with E-state index >= 15 is 0 Å². The molecule has 3 N–H and O–H groups in total. The standard InChI is InChI=1S/C14H17IN2O4/c1-8-9(4-5-21-8)7-16-14(20)17-12-3-2-10(15)6-11(12)13(18)19/h2-3,6,8-9H,4-5,7H2,1H3,(H,18,19)(H2,16,17,20). The zero-order chi connectivity index (χ0) is 15.4. The van der Waals surface area contributed by atoms with Crippen molar-refractivity contribution in [1.82, 2.24) is 5.32 Å². The number of hydrogen-bond donors (Lipinski definition) is 3. The van der Waals surface area contributed by atoms with Crippen LogP contribution in [-0.2, 0) is 4.74 Å². The number of carboxylic acid groups (broad SMARTS) is 1. The second kappa shape index (κ2) is 7.08. The summed E-state index contributed by atoms with van der Waals surface area (Å²) in [5.41, 5.74) is 0.366. The molecular weight excluding hydrogens is 387 g/mol. The van der Waals surface area contributed by atoms with Gasteiger partial charge in [-0.25, -0.2) is 9.59 Å². The average Bonchev–Trinajstić information content (AvgIpc) is 2.84. The second-order valence-electron chi connectivity index (χ2n) is 4.95. The van der Waals surface area contributed by atoms with E-state index in [2.05, 4.69) is 10.6 Å². The maximum Gasteiger partial charge on any atom is 0.337 e. The predicted molar refractivity (Wildman–Crippen MR) is 86.7 cm³/mol. The second-order valence-corrected chi connectivity index (χ2v) is 6.20. The largest absolute Gasteiger partial charge is 0.478 e. The van der Waals surface area contributed by atoms with Gasteiger partial charge in [0.05, 0.1) is 17.4 Å². The van der Waals surface area contributed by atoms with Crippen molar-refractivity contribution in [3.8, 4) is 0 Å². The molecule has 0 bridgehead atoms. The summed E-state index contributed by atoms with van der Waals surface area (Å²) < 4.78 is 6.23. The predicted octanol–water partition coefficient (Wildman–Crippen LogP) is 2.54. The summed E-state index contributed by atoms with van der Waals surface area (Å²) in [6.07, 6.45) is 1.06. The van der Waals surface area contributed by atoms with Gasteiger partial charge in [-0.3, -0.25) is 0 Å². The summed E-state index contributed by atoms with van der Waals surface area (Å²) in [5.74, 6) is -0.770. The van der Waals surface area contributed by atoms with Crippen molar-refractivity contribution < 1.29 is 19.4 Å². The van der Waals surface area contributed by atoms with Crippen LogP contribution in [0.1, 0.15) is 23.7 Å². The van der Waals surface area contributed by atoms with Gasteiger partial charge in [-0.05, 0) is 54.1 Å². The molecule has 6 nitrogen and oxygen atoms in total. The van der Waals surface area contributed by atoms with Crippen molar-refractivity contribution in [2.45, 2.75) is 19.4 Å². The lowest BCUT2D eigenvalue weighted by molar-refractivity contribution is 0.0698. The highest BCUT2D eigenvalue weighted by Gasteiger charge is 2.24. The molecular formula is C14H17IN2O4. The van der Waals surface area contributed by atoms with Crippen molar-refractivity contribution in [2.24, 2.45) is 5.92 Å². The molecule has 0 radical (unpaired) electrons. The van der Waals surface area contributed by atoms with E-state index in [1.165, 1.54) is 6.07 Å². The number of halogens is 1. The number of rotatable bonds is 4. The summed E-state index contributed by atoms with van der Waals surface area (Å²) in [5, 5.41) is 14.5. The third-order valence-corrected chi connectivity index (χ3v) is 4.19.